The van der Waals surface area contributed by atoms with Crippen LogP contribution in [0.5, 0.6) is 5.75 Å². The molecule has 1 N–H and O–H groups in total. The van der Waals surface area contributed by atoms with Gasteiger partial charge in [-0.05, 0) is 31.2 Å². The number of furan rings is 1. The Balaban J connectivity index is 1.92. The van der Waals surface area contributed by atoms with E-state index in [2.05, 4.69) is 10.5 Å². The van der Waals surface area contributed by atoms with Crippen LogP contribution < -0.4 is 10.2 Å². The molecule has 21 heavy (non-hydrogen) atoms. The third-order valence-corrected chi connectivity index (χ3v) is 2.84. The molecular formula is C16H16N2O3. The van der Waals surface area contributed by atoms with Gasteiger partial charge in [-0.1, -0.05) is 18.2 Å². The van der Waals surface area contributed by atoms with Crippen molar-refractivity contribution >= 4 is 18.2 Å². The smallest absolute Gasteiger partial charge is 0.274 e. The van der Waals surface area contributed by atoms with Crippen LogP contribution in [0.15, 0.2) is 52.2 Å². The largest absolute Gasteiger partial charge is 0.496 e. The molecule has 0 radical (unpaired) electrons. The van der Waals surface area contributed by atoms with Crippen LogP contribution in [0, 0.1) is 6.92 Å². The van der Waals surface area contributed by atoms with Crippen LogP contribution in [-0.4, -0.2) is 19.2 Å². The highest BCUT2D eigenvalue weighted by Gasteiger charge is 2.09. The number of carbonyl (C=O) groups excluding carboxylic acids is 1. The van der Waals surface area contributed by atoms with Gasteiger partial charge in [0.2, 0.25) is 0 Å². The first-order valence-corrected chi connectivity index (χ1v) is 6.39. The van der Waals surface area contributed by atoms with Crippen molar-refractivity contribution in [3.8, 4) is 5.75 Å². The average Bonchev–Trinajstić information content (AvgIpc) is 2.93. The molecule has 2 rings (SSSR count). The summed E-state index contributed by atoms with van der Waals surface area (Å²) in [6.07, 6.45) is 6.53. The lowest BCUT2D eigenvalue weighted by atomic mass is 10.2. The zero-order valence-electron chi connectivity index (χ0n) is 11.9. The predicted octanol–water partition coefficient (Wildman–Crippen LogP) is 3.03. The van der Waals surface area contributed by atoms with Gasteiger partial charge in [-0.15, -0.1) is 0 Å². The molecule has 1 aromatic heterocycles. The summed E-state index contributed by atoms with van der Waals surface area (Å²) in [4.78, 5) is 11.7. The molecule has 5 heteroatoms. The molecule has 5 nitrogen and oxygen atoms in total. The minimum atomic E-state index is -0.303. The van der Waals surface area contributed by atoms with Gasteiger partial charge in [0, 0.05) is 11.8 Å². The van der Waals surface area contributed by atoms with Gasteiger partial charge in [0.1, 0.15) is 11.5 Å². The lowest BCUT2D eigenvalue weighted by Gasteiger charge is -2.02. The fourth-order valence-electron chi connectivity index (χ4n) is 1.77. The fourth-order valence-corrected chi connectivity index (χ4v) is 1.77. The number of amides is 1. The molecule has 0 aliphatic heterocycles. The summed E-state index contributed by atoms with van der Waals surface area (Å²) >= 11 is 0. The van der Waals surface area contributed by atoms with Crippen LogP contribution in [0.4, 0.5) is 0 Å². The summed E-state index contributed by atoms with van der Waals surface area (Å²) in [6.45, 7) is 1.72. The first-order chi connectivity index (χ1) is 10.2. The van der Waals surface area contributed by atoms with E-state index in [0.717, 1.165) is 11.3 Å². The monoisotopic (exact) mass is 284 g/mol. The molecule has 2 aromatic rings. The van der Waals surface area contributed by atoms with Crippen molar-refractivity contribution in [2.75, 3.05) is 7.11 Å². The second-order valence-electron chi connectivity index (χ2n) is 4.21. The van der Waals surface area contributed by atoms with Crippen molar-refractivity contribution in [3.63, 3.8) is 0 Å². The van der Waals surface area contributed by atoms with Crippen molar-refractivity contribution in [3.05, 3.63) is 59.6 Å². The Hall–Kier alpha value is -2.82. The highest BCUT2D eigenvalue weighted by Crippen LogP contribution is 2.18. The molecule has 1 amide bonds. The van der Waals surface area contributed by atoms with Crippen molar-refractivity contribution in [2.45, 2.75) is 6.92 Å². The maximum absolute atomic E-state index is 11.7. The Labute approximate surface area is 122 Å². The first-order valence-electron chi connectivity index (χ1n) is 6.39. The first kappa shape index (κ1) is 14.6. The number of aryl methyl sites for hydroxylation is 1. The quantitative estimate of drug-likeness (QED) is 0.678. The maximum atomic E-state index is 11.7. The molecule has 1 heterocycles. The van der Waals surface area contributed by atoms with E-state index in [9.17, 15) is 4.79 Å². The molecule has 0 atom stereocenters. The van der Waals surface area contributed by atoms with Gasteiger partial charge in [-0.2, -0.15) is 5.10 Å². The van der Waals surface area contributed by atoms with Crippen LogP contribution >= 0.6 is 0 Å². The van der Waals surface area contributed by atoms with Gasteiger partial charge < -0.3 is 9.15 Å². The number of para-hydroxylation sites is 1. The number of benzene rings is 1. The van der Waals surface area contributed by atoms with Gasteiger partial charge in [-0.3, -0.25) is 4.79 Å². The predicted molar refractivity (Wildman–Crippen MR) is 81.4 cm³/mol. The Bertz CT molecular complexity index is 672. The van der Waals surface area contributed by atoms with Gasteiger partial charge in [-0.25, -0.2) is 5.43 Å². The van der Waals surface area contributed by atoms with Crippen molar-refractivity contribution in [1.29, 1.82) is 0 Å². The number of allylic oxidation sites excluding steroid dienone is 1. The summed E-state index contributed by atoms with van der Waals surface area (Å²) in [5.74, 6) is 1.04. The minimum absolute atomic E-state index is 0.303. The number of hydrogen-bond acceptors (Lipinski definition) is 4. The molecular weight excluding hydrogens is 268 g/mol. The van der Waals surface area contributed by atoms with E-state index in [4.69, 9.17) is 9.15 Å². The Morgan fingerprint density at radius 1 is 1.33 bits per heavy atom. The van der Waals surface area contributed by atoms with E-state index >= 15 is 0 Å². The van der Waals surface area contributed by atoms with E-state index in [0.29, 0.717) is 11.3 Å². The van der Waals surface area contributed by atoms with Crippen molar-refractivity contribution < 1.29 is 13.9 Å². The van der Waals surface area contributed by atoms with E-state index < -0.39 is 0 Å². The standard InChI is InChI=1S/C16H16N2O3/c1-12-14(9-11-21-12)16(19)18-17-10-5-7-13-6-3-4-8-15(13)20-2/h3-11H,1-2H3,(H,18,19)/b7-5+,17-10-. The third kappa shape index (κ3) is 3.82. The number of nitrogens with zero attached hydrogens (tertiary/aromatic N) is 1. The lowest BCUT2D eigenvalue weighted by molar-refractivity contribution is 0.0953. The van der Waals surface area contributed by atoms with E-state index in [-0.39, 0.29) is 5.91 Å². The number of ether oxygens (including phenoxy) is 1. The molecule has 0 saturated carbocycles. The SMILES string of the molecule is COc1ccccc1/C=C/C=N\NC(=O)c1ccoc1C. The molecule has 0 fully saturated rings. The molecule has 0 spiro atoms. The number of methoxy groups -OCH3 is 1. The van der Waals surface area contributed by atoms with Gasteiger partial charge in [0.05, 0.1) is 18.9 Å². The molecule has 0 aliphatic rings. The summed E-state index contributed by atoms with van der Waals surface area (Å²) in [6, 6.07) is 9.22. The number of rotatable bonds is 5. The van der Waals surface area contributed by atoms with E-state index in [1.165, 1.54) is 12.5 Å². The second kappa shape index (κ2) is 7.09. The van der Waals surface area contributed by atoms with E-state index in [1.54, 1.807) is 26.2 Å². The second-order valence-corrected chi connectivity index (χ2v) is 4.21. The highest BCUT2D eigenvalue weighted by atomic mass is 16.5. The minimum Gasteiger partial charge on any atom is -0.496 e. The van der Waals surface area contributed by atoms with Gasteiger partial charge in [0.25, 0.3) is 5.91 Å². The van der Waals surface area contributed by atoms with Gasteiger partial charge in [0.15, 0.2) is 0 Å². The summed E-state index contributed by atoms with van der Waals surface area (Å²) in [7, 11) is 1.62. The van der Waals surface area contributed by atoms with Crippen LogP contribution in [0.1, 0.15) is 21.7 Å². The highest BCUT2D eigenvalue weighted by molar-refractivity contribution is 5.95. The summed E-state index contributed by atoms with van der Waals surface area (Å²) < 4.78 is 10.3. The van der Waals surface area contributed by atoms with Gasteiger partial charge >= 0.3 is 0 Å². The summed E-state index contributed by atoms with van der Waals surface area (Å²) in [5.41, 5.74) is 3.84. The molecule has 0 unspecified atom stereocenters. The number of hydrogen-bond donors (Lipinski definition) is 1. The molecule has 0 aliphatic carbocycles. The van der Waals surface area contributed by atoms with Crippen LogP contribution in [0.2, 0.25) is 0 Å². The Morgan fingerprint density at radius 2 is 2.14 bits per heavy atom. The molecule has 0 bridgehead atoms. The van der Waals surface area contributed by atoms with E-state index in [1.807, 2.05) is 30.3 Å². The van der Waals surface area contributed by atoms with Crippen LogP contribution in [-0.2, 0) is 0 Å². The number of hydrazone groups is 1. The van der Waals surface area contributed by atoms with Crippen LogP contribution in [0.25, 0.3) is 6.08 Å². The fraction of sp³-hybridized carbons (Fsp3) is 0.125. The lowest BCUT2D eigenvalue weighted by Crippen LogP contribution is -2.17. The zero-order chi connectivity index (χ0) is 15.1. The van der Waals surface area contributed by atoms with Crippen LogP contribution in [0.3, 0.4) is 0 Å². The molecule has 0 saturated heterocycles. The normalized spacial score (nSPS) is 11.1. The molecule has 108 valence electrons. The number of carbonyl (C=O) groups is 1. The zero-order valence-corrected chi connectivity index (χ0v) is 11.9. The Morgan fingerprint density at radius 3 is 2.86 bits per heavy atom. The topological polar surface area (TPSA) is 63.8 Å². The Kier molecular flexibility index (Phi) is 4.93. The molecule has 1 aromatic carbocycles. The maximum Gasteiger partial charge on any atom is 0.274 e. The van der Waals surface area contributed by atoms with Crippen molar-refractivity contribution in [2.24, 2.45) is 5.10 Å². The average molecular weight is 284 g/mol. The van der Waals surface area contributed by atoms with Crippen molar-refractivity contribution in [1.82, 2.24) is 5.43 Å². The number of nitrogens with one attached hydrogen (secondary N) is 1. The third-order valence-electron chi connectivity index (χ3n) is 2.84. The summed E-state index contributed by atoms with van der Waals surface area (Å²) in [5, 5.41) is 3.85.